The molecule has 4 nitrogen and oxygen atoms in total. The summed E-state index contributed by atoms with van der Waals surface area (Å²) in [5, 5.41) is 3.46. The number of nitrogens with zero attached hydrogens (tertiary/aromatic N) is 3. The van der Waals surface area contributed by atoms with Crippen LogP contribution < -0.4 is 5.32 Å². The van der Waals surface area contributed by atoms with Gasteiger partial charge < -0.3 is 9.88 Å². The molecule has 0 saturated carbocycles. The van der Waals surface area contributed by atoms with Gasteiger partial charge in [0.15, 0.2) is 0 Å². The van der Waals surface area contributed by atoms with Crippen molar-refractivity contribution >= 4 is 5.69 Å². The van der Waals surface area contributed by atoms with Crippen molar-refractivity contribution in [3.8, 4) is 0 Å². The van der Waals surface area contributed by atoms with Gasteiger partial charge in [-0.3, -0.25) is 4.90 Å². The van der Waals surface area contributed by atoms with Crippen molar-refractivity contribution in [3.05, 3.63) is 48.0 Å². The number of anilines is 1. The van der Waals surface area contributed by atoms with Gasteiger partial charge in [0.25, 0.3) is 0 Å². The number of rotatable bonds is 7. The summed E-state index contributed by atoms with van der Waals surface area (Å²) in [6, 6.07) is 8.65. The maximum absolute atomic E-state index is 4.13. The van der Waals surface area contributed by atoms with Crippen LogP contribution >= 0.6 is 0 Å². The standard InChI is InChI=1S/C16H24N4/c1-4-20(5-2)12-14-7-6-8-15(9-14)18-11-16-10-17-13-19(16)3/h6-10,13,18H,4-5,11-12H2,1-3H3. The Labute approximate surface area is 121 Å². The van der Waals surface area contributed by atoms with Gasteiger partial charge in [0.2, 0.25) is 0 Å². The third-order valence-electron chi connectivity index (χ3n) is 3.62. The highest BCUT2D eigenvalue weighted by molar-refractivity contribution is 5.45. The van der Waals surface area contributed by atoms with Gasteiger partial charge in [-0.25, -0.2) is 4.98 Å². The quantitative estimate of drug-likeness (QED) is 0.841. The van der Waals surface area contributed by atoms with Crippen molar-refractivity contribution in [1.29, 1.82) is 0 Å². The van der Waals surface area contributed by atoms with Gasteiger partial charge in [-0.05, 0) is 30.8 Å². The van der Waals surface area contributed by atoms with Crippen LogP contribution in [-0.4, -0.2) is 27.5 Å². The zero-order valence-corrected chi connectivity index (χ0v) is 12.6. The van der Waals surface area contributed by atoms with E-state index in [-0.39, 0.29) is 0 Å². The van der Waals surface area contributed by atoms with E-state index in [0.29, 0.717) is 0 Å². The van der Waals surface area contributed by atoms with E-state index in [0.717, 1.165) is 31.9 Å². The van der Waals surface area contributed by atoms with Crippen molar-refractivity contribution in [2.24, 2.45) is 7.05 Å². The van der Waals surface area contributed by atoms with Crippen LogP contribution in [0.25, 0.3) is 0 Å². The summed E-state index contributed by atoms with van der Waals surface area (Å²) in [5.74, 6) is 0. The minimum absolute atomic E-state index is 0.797. The number of hydrogen-bond donors (Lipinski definition) is 1. The van der Waals surface area contributed by atoms with Crippen LogP contribution in [0.4, 0.5) is 5.69 Å². The van der Waals surface area contributed by atoms with E-state index in [9.17, 15) is 0 Å². The van der Waals surface area contributed by atoms with Crippen molar-refractivity contribution in [1.82, 2.24) is 14.5 Å². The Morgan fingerprint density at radius 1 is 1.25 bits per heavy atom. The molecule has 1 heterocycles. The van der Waals surface area contributed by atoms with Gasteiger partial charge in [-0.1, -0.05) is 26.0 Å². The van der Waals surface area contributed by atoms with Gasteiger partial charge in [0, 0.05) is 25.5 Å². The maximum Gasteiger partial charge on any atom is 0.0946 e. The first-order valence-electron chi connectivity index (χ1n) is 7.23. The highest BCUT2D eigenvalue weighted by Gasteiger charge is 2.03. The summed E-state index contributed by atoms with van der Waals surface area (Å²) in [4.78, 5) is 6.55. The number of aryl methyl sites for hydroxylation is 1. The second-order valence-electron chi connectivity index (χ2n) is 5.01. The summed E-state index contributed by atoms with van der Waals surface area (Å²) in [7, 11) is 2.01. The lowest BCUT2D eigenvalue weighted by atomic mass is 10.2. The average molecular weight is 272 g/mol. The molecule has 0 aliphatic rings. The lowest BCUT2D eigenvalue weighted by Crippen LogP contribution is -2.22. The SMILES string of the molecule is CCN(CC)Cc1cccc(NCc2cncn2C)c1. The van der Waals surface area contributed by atoms with Crippen LogP contribution in [-0.2, 0) is 20.1 Å². The molecular formula is C16H24N4. The number of hydrogen-bond acceptors (Lipinski definition) is 3. The van der Waals surface area contributed by atoms with E-state index < -0.39 is 0 Å². The summed E-state index contributed by atoms with van der Waals surface area (Å²) in [5.41, 5.74) is 3.69. The molecule has 0 radical (unpaired) electrons. The molecule has 20 heavy (non-hydrogen) atoms. The molecule has 2 rings (SSSR count). The van der Waals surface area contributed by atoms with Gasteiger partial charge in [0.1, 0.15) is 0 Å². The number of imidazole rings is 1. The third kappa shape index (κ3) is 3.84. The molecule has 0 unspecified atom stereocenters. The molecule has 0 aliphatic heterocycles. The Balaban J connectivity index is 1.97. The van der Waals surface area contributed by atoms with Crippen LogP contribution in [0.15, 0.2) is 36.8 Å². The average Bonchev–Trinajstić information content (AvgIpc) is 2.88. The molecule has 4 heteroatoms. The Hall–Kier alpha value is -1.81. The Bertz CT molecular complexity index is 529. The monoisotopic (exact) mass is 272 g/mol. The molecule has 0 bridgehead atoms. The van der Waals surface area contributed by atoms with Crippen molar-refractivity contribution < 1.29 is 0 Å². The molecule has 0 aliphatic carbocycles. The van der Waals surface area contributed by atoms with E-state index >= 15 is 0 Å². The van der Waals surface area contributed by atoms with E-state index in [4.69, 9.17) is 0 Å². The first-order chi connectivity index (χ1) is 9.72. The van der Waals surface area contributed by atoms with Crippen molar-refractivity contribution in [2.75, 3.05) is 18.4 Å². The van der Waals surface area contributed by atoms with E-state index in [2.05, 4.69) is 53.3 Å². The van der Waals surface area contributed by atoms with Crippen molar-refractivity contribution in [2.45, 2.75) is 26.9 Å². The van der Waals surface area contributed by atoms with Crippen LogP contribution in [0, 0.1) is 0 Å². The van der Waals surface area contributed by atoms with Crippen molar-refractivity contribution in [3.63, 3.8) is 0 Å². The molecule has 1 aromatic heterocycles. The molecule has 1 N–H and O–H groups in total. The molecule has 108 valence electrons. The second kappa shape index (κ2) is 7.10. The number of benzene rings is 1. The molecule has 1 aromatic carbocycles. The second-order valence-corrected chi connectivity index (χ2v) is 5.01. The maximum atomic E-state index is 4.13. The first-order valence-corrected chi connectivity index (χ1v) is 7.23. The molecule has 2 aromatic rings. The fourth-order valence-electron chi connectivity index (χ4n) is 2.23. The van der Waals surface area contributed by atoms with E-state index in [1.165, 1.54) is 11.3 Å². The van der Waals surface area contributed by atoms with Gasteiger partial charge in [-0.2, -0.15) is 0 Å². The Kier molecular flexibility index (Phi) is 5.18. The predicted molar refractivity (Wildman–Crippen MR) is 83.6 cm³/mol. The smallest absolute Gasteiger partial charge is 0.0946 e. The number of aromatic nitrogens is 2. The molecule has 0 saturated heterocycles. The Morgan fingerprint density at radius 3 is 2.70 bits per heavy atom. The van der Waals surface area contributed by atoms with Gasteiger partial charge in [0.05, 0.1) is 18.6 Å². The molecular weight excluding hydrogens is 248 g/mol. The fourth-order valence-corrected chi connectivity index (χ4v) is 2.23. The molecule has 0 atom stereocenters. The normalized spacial score (nSPS) is 11.0. The summed E-state index contributed by atoms with van der Waals surface area (Å²) >= 11 is 0. The van der Waals surface area contributed by atoms with Gasteiger partial charge >= 0.3 is 0 Å². The zero-order valence-electron chi connectivity index (χ0n) is 12.6. The fraction of sp³-hybridized carbons (Fsp3) is 0.438. The highest BCUT2D eigenvalue weighted by atomic mass is 15.1. The zero-order chi connectivity index (χ0) is 14.4. The molecule has 0 fully saturated rings. The highest BCUT2D eigenvalue weighted by Crippen LogP contribution is 2.13. The topological polar surface area (TPSA) is 33.1 Å². The summed E-state index contributed by atoms with van der Waals surface area (Å²) < 4.78 is 2.03. The van der Waals surface area contributed by atoms with Crippen LogP contribution in [0.2, 0.25) is 0 Å². The largest absolute Gasteiger partial charge is 0.379 e. The van der Waals surface area contributed by atoms with Crippen LogP contribution in [0.3, 0.4) is 0 Å². The third-order valence-corrected chi connectivity index (χ3v) is 3.62. The number of nitrogens with one attached hydrogen (secondary N) is 1. The first kappa shape index (κ1) is 14.6. The van der Waals surface area contributed by atoms with Crippen LogP contribution in [0.5, 0.6) is 0 Å². The lowest BCUT2D eigenvalue weighted by Gasteiger charge is -2.18. The predicted octanol–water partition coefficient (Wildman–Crippen LogP) is 2.87. The molecule has 0 spiro atoms. The summed E-state index contributed by atoms with van der Waals surface area (Å²) in [6.45, 7) is 8.38. The Morgan fingerprint density at radius 2 is 2.05 bits per heavy atom. The van der Waals surface area contributed by atoms with Crippen LogP contribution in [0.1, 0.15) is 25.1 Å². The summed E-state index contributed by atoms with van der Waals surface area (Å²) in [6.07, 6.45) is 3.72. The van der Waals surface area contributed by atoms with E-state index in [1.54, 1.807) is 0 Å². The minimum atomic E-state index is 0.797. The lowest BCUT2D eigenvalue weighted by molar-refractivity contribution is 0.296. The minimum Gasteiger partial charge on any atom is -0.379 e. The molecule has 0 amide bonds. The van der Waals surface area contributed by atoms with E-state index in [1.807, 2.05) is 24.1 Å². The van der Waals surface area contributed by atoms with Gasteiger partial charge in [-0.15, -0.1) is 0 Å².